The van der Waals surface area contributed by atoms with Gasteiger partial charge in [-0.15, -0.1) is 0 Å². The van der Waals surface area contributed by atoms with Crippen molar-refractivity contribution in [1.82, 2.24) is 10.2 Å². The van der Waals surface area contributed by atoms with E-state index in [9.17, 15) is 4.79 Å². The molecule has 0 aromatic heterocycles. The van der Waals surface area contributed by atoms with Crippen molar-refractivity contribution in [2.24, 2.45) is 5.92 Å². The van der Waals surface area contributed by atoms with Gasteiger partial charge in [0, 0.05) is 18.1 Å². The molecule has 110 valence electrons. The van der Waals surface area contributed by atoms with Crippen LogP contribution in [0, 0.1) is 5.92 Å². The molecule has 2 rings (SSSR count). The second-order valence-corrected chi connectivity index (χ2v) is 6.09. The van der Waals surface area contributed by atoms with Crippen LogP contribution in [-0.4, -0.2) is 24.0 Å². The number of likely N-dealkylation sites (tertiary alicyclic amines) is 1. The van der Waals surface area contributed by atoms with Gasteiger partial charge >= 0.3 is 6.03 Å². The third-order valence-corrected chi connectivity index (χ3v) is 4.17. The molecule has 0 radical (unpaired) electrons. The van der Waals surface area contributed by atoms with E-state index in [1.54, 1.807) is 0 Å². The van der Waals surface area contributed by atoms with E-state index in [1.165, 1.54) is 6.42 Å². The van der Waals surface area contributed by atoms with Gasteiger partial charge in [-0.05, 0) is 42.9 Å². The number of carbonyl (C=O) groups is 1. The Morgan fingerprint density at radius 2 is 2.15 bits per heavy atom. The summed E-state index contributed by atoms with van der Waals surface area (Å²) in [5, 5.41) is 3.86. The summed E-state index contributed by atoms with van der Waals surface area (Å²) in [5.74, 6) is 0.602. The molecule has 2 unspecified atom stereocenters. The maximum Gasteiger partial charge on any atom is 0.317 e. The summed E-state index contributed by atoms with van der Waals surface area (Å²) in [6, 6.07) is 7.81. The fraction of sp³-hybridized carbons (Fsp3) is 0.562. The minimum Gasteiger partial charge on any atom is -0.331 e. The number of hydrogen-bond donors (Lipinski definition) is 1. The summed E-state index contributed by atoms with van der Waals surface area (Å²) >= 11 is 5.91. The van der Waals surface area contributed by atoms with E-state index in [4.69, 9.17) is 11.6 Å². The monoisotopic (exact) mass is 294 g/mol. The van der Waals surface area contributed by atoms with Crippen LogP contribution in [0.2, 0.25) is 5.02 Å². The first kappa shape index (κ1) is 15.2. The van der Waals surface area contributed by atoms with E-state index < -0.39 is 0 Å². The van der Waals surface area contributed by atoms with Crippen LogP contribution in [-0.2, 0) is 0 Å². The number of amides is 2. The zero-order valence-electron chi connectivity index (χ0n) is 12.2. The third kappa shape index (κ3) is 3.89. The highest BCUT2D eigenvalue weighted by Crippen LogP contribution is 2.21. The maximum atomic E-state index is 12.3. The molecule has 1 aliphatic rings. The Bertz CT molecular complexity index is 446. The minimum atomic E-state index is 0.0528. The summed E-state index contributed by atoms with van der Waals surface area (Å²) in [7, 11) is 0. The standard InChI is InChI=1S/C16H23ClN2O/c1-3-15(13-6-8-14(17)9-7-13)18-16(20)19-10-4-5-12(2)11-19/h6-9,12,15H,3-5,10-11H2,1-2H3,(H,18,20). The van der Waals surface area contributed by atoms with E-state index in [0.29, 0.717) is 5.92 Å². The Morgan fingerprint density at radius 3 is 2.75 bits per heavy atom. The molecular formula is C16H23ClN2O. The molecule has 1 N–H and O–H groups in total. The molecule has 20 heavy (non-hydrogen) atoms. The molecule has 2 amide bonds. The number of benzene rings is 1. The van der Waals surface area contributed by atoms with Crippen molar-refractivity contribution < 1.29 is 4.79 Å². The van der Waals surface area contributed by atoms with Gasteiger partial charge in [-0.1, -0.05) is 37.6 Å². The van der Waals surface area contributed by atoms with Gasteiger partial charge in [0.15, 0.2) is 0 Å². The molecule has 3 nitrogen and oxygen atoms in total. The first-order valence-electron chi connectivity index (χ1n) is 7.41. The molecule has 1 aromatic carbocycles. The van der Waals surface area contributed by atoms with Crippen LogP contribution in [0.25, 0.3) is 0 Å². The predicted molar refractivity (Wildman–Crippen MR) is 83.0 cm³/mol. The first-order chi connectivity index (χ1) is 9.60. The third-order valence-electron chi connectivity index (χ3n) is 3.92. The lowest BCUT2D eigenvalue weighted by Gasteiger charge is -2.32. The average Bonchev–Trinajstić information content (AvgIpc) is 2.45. The van der Waals surface area contributed by atoms with E-state index in [0.717, 1.165) is 36.5 Å². The van der Waals surface area contributed by atoms with Crippen molar-refractivity contribution >= 4 is 17.6 Å². The molecule has 0 spiro atoms. The normalized spacial score (nSPS) is 20.6. The Morgan fingerprint density at radius 1 is 1.45 bits per heavy atom. The van der Waals surface area contributed by atoms with Crippen molar-refractivity contribution in [3.63, 3.8) is 0 Å². The van der Waals surface area contributed by atoms with Crippen molar-refractivity contribution in [3.05, 3.63) is 34.9 Å². The smallest absolute Gasteiger partial charge is 0.317 e. The number of nitrogens with one attached hydrogen (secondary N) is 1. The van der Waals surface area contributed by atoms with E-state index >= 15 is 0 Å². The zero-order valence-corrected chi connectivity index (χ0v) is 13.0. The lowest BCUT2D eigenvalue weighted by atomic mass is 10.0. The molecule has 1 aromatic rings. The molecule has 1 fully saturated rings. The quantitative estimate of drug-likeness (QED) is 0.889. The SMILES string of the molecule is CCC(NC(=O)N1CCCC(C)C1)c1ccc(Cl)cc1. The highest BCUT2D eigenvalue weighted by molar-refractivity contribution is 6.30. The molecular weight excluding hydrogens is 272 g/mol. The summed E-state index contributed by atoms with van der Waals surface area (Å²) < 4.78 is 0. The molecule has 2 atom stereocenters. The Kier molecular flexibility index (Phi) is 5.30. The van der Waals surface area contributed by atoms with E-state index in [2.05, 4.69) is 19.2 Å². The second-order valence-electron chi connectivity index (χ2n) is 5.66. The van der Waals surface area contributed by atoms with Crippen molar-refractivity contribution in [1.29, 1.82) is 0 Å². The zero-order chi connectivity index (χ0) is 14.5. The Balaban J connectivity index is 1.98. The van der Waals surface area contributed by atoms with Crippen LogP contribution in [0.4, 0.5) is 4.79 Å². The maximum absolute atomic E-state index is 12.3. The topological polar surface area (TPSA) is 32.3 Å². The highest BCUT2D eigenvalue weighted by Gasteiger charge is 2.22. The van der Waals surface area contributed by atoms with Gasteiger partial charge in [0.05, 0.1) is 6.04 Å². The van der Waals surface area contributed by atoms with Crippen molar-refractivity contribution in [2.75, 3.05) is 13.1 Å². The van der Waals surface area contributed by atoms with Crippen LogP contribution in [0.1, 0.15) is 44.7 Å². The Hall–Kier alpha value is -1.22. The van der Waals surface area contributed by atoms with Crippen LogP contribution >= 0.6 is 11.6 Å². The Labute approximate surface area is 126 Å². The molecule has 0 saturated carbocycles. The largest absolute Gasteiger partial charge is 0.331 e. The number of urea groups is 1. The van der Waals surface area contributed by atoms with Crippen molar-refractivity contribution in [2.45, 2.75) is 39.2 Å². The fourth-order valence-corrected chi connectivity index (χ4v) is 2.86. The van der Waals surface area contributed by atoms with E-state index in [-0.39, 0.29) is 12.1 Å². The van der Waals surface area contributed by atoms with E-state index in [1.807, 2.05) is 29.2 Å². The van der Waals surface area contributed by atoms with Crippen LogP contribution in [0.5, 0.6) is 0 Å². The fourth-order valence-electron chi connectivity index (χ4n) is 2.73. The van der Waals surface area contributed by atoms with Gasteiger partial charge in [0.2, 0.25) is 0 Å². The molecule has 1 heterocycles. The van der Waals surface area contributed by atoms with Crippen molar-refractivity contribution in [3.8, 4) is 0 Å². The van der Waals surface area contributed by atoms with Gasteiger partial charge in [0.25, 0.3) is 0 Å². The van der Waals surface area contributed by atoms with Gasteiger partial charge in [-0.2, -0.15) is 0 Å². The molecule has 1 saturated heterocycles. The summed E-state index contributed by atoms with van der Waals surface area (Å²) in [6.45, 7) is 6.02. The van der Waals surface area contributed by atoms with Gasteiger partial charge < -0.3 is 10.2 Å². The summed E-state index contributed by atoms with van der Waals surface area (Å²) in [4.78, 5) is 14.3. The van der Waals surface area contributed by atoms with Gasteiger partial charge in [0.1, 0.15) is 0 Å². The molecule has 4 heteroatoms. The summed E-state index contributed by atoms with van der Waals surface area (Å²) in [6.07, 6.45) is 3.20. The number of piperidine rings is 1. The lowest BCUT2D eigenvalue weighted by Crippen LogP contribution is -2.46. The lowest BCUT2D eigenvalue weighted by molar-refractivity contribution is 0.166. The number of rotatable bonds is 3. The first-order valence-corrected chi connectivity index (χ1v) is 7.79. The second kappa shape index (κ2) is 6.98. The number of halogens is 1. The molecule has 1 aliphatic heterocycles. The highest BCUT2D eigenvalue weighted by atomic mass is 35.5. The van der Waals surface area contributed by atoms with Crippen LogP contribution in [0.3, 0.4) is 0 Å². The average molecular weight is 295 g/mol. The van der Waals surface area contributed by atoms with Gasteiger partial charge in [-0.25, -0.2) is 4.79 Å². The number of hydrogen-bond acceptors (Lipinski definition) is 1. The van der Waals surface area contributed by atoms with Crippen LogP contribution in [0.15, 0.2) is 24.3 Å². The van der Waals surface area contributed by atoms with Crippen LogP contribution < -0.4 is 5.32 Å². The minimum absolute atomic E-state index is 0.0528. The number of nitrogens with zero attached hydrogens (tertiary/aromatic N) is 1. The summed E-state index contributed by atoms with van der Waals surface area (Å²) in [5.41, 5.74) is 1.11. The molecule has 0 bridgehead atoms. The molecule has 0 aliphatic carbocycles. The van der Waals surface area contributed by atoms with Gasteiger partial charge in [-0.3, -0.25) is 0 Å². The number of carbonyl (C=O) groups excluding carboxylic acids is 1. The predicted octanol–water partition coefficient (Wildman–Crippen LogP) is 4.23.